The van der Waals surface area contributed by atoms with Crippen molar-refractivity contribution in [1.82, 2.24) is 5.32 Å². The molecule has 0 atom stereocenters. The van der Waals surface area contributed by atoms with Crippen molar-refractivity contribution >= 4 is 17.5 Å². The van der Waals surface area contributed by atoms with Crippen molar-refractivity contribution in [3.63, 3.8) is 0 Å². The monoisotopic (exact) mass is 335 g/mol. The van der Waals surface area contributed by atoms with Gasteiger partial charge in [0, 0.05) is 32.0 Å². The Morgan fingerprint density at radius 2 is 1.92 bits per heavy atom. The van der Waals surface area contributed by atoms with Gasteiger partial charge in [0.15, 0.2) is 6.61 Å². The molecule has 0 spiro atoms. The molecule has 2 amide bonds. The second kappa shape index (κ2) is 8.65. The van der Waals surface area contributed by atoms with Gasteiger partial charge in [-0.3, -0.25) is 9.59 Å². The van der Waals surface area contributed by atoms with Crippen molar-refractivity contribution in [2.75, 3.05) is 38.2 Å². The number of hydrogen-bond donors (Lipinski definition) is 3. The van der Waals surface area contributed by atoms with Crippen LogP contribution in [0.1, 0.15) is 19.8 Å². The summed E-state index contributed by atoms with van der Waals surface area (Å²) < 4.78 is 10.7. The highest BCUT2D eigenvalue weighted by atomic mass is 16.5. The molecule has 1 heterocycles. The van der Waals surface area contributed by atoms with Crippen LogP contribution in [-0.4, -0.2) is 44.7 Å². The molecule has 1 saturated heterocycles. The van der Waals surface area contributed by atoms with Crippen LogP contribution in [0.5, 0.6) is 5.75 Å². The average Bonchev–Trinajstić information content (AvgIpc) is 2.62. The summed E-state index contributed by atoms with van der Waals surface area (Å²) in [5, 5.41) is 5.56. The lowest BCUT2D eigenvalue weighted by Crippen LogP contribution is -2.46. The number of carbonyl (C=O) groups is 2. The van der Waals surface area contributed by atoms with Gasteiger partial charge >= 0.3 is 0 Å². The Morgan fingerprint density at radius 3 is 2.50 bits per heavy atom. The molecule has 1 aliphatic rings. The molecule has 0 aliphatic carbocycles. The zero-order chi connectivity index (χ0) is 17.4. The third kappa shape index (κ3) is 4.69. The second-order valence-electron chi connectivity index (χ2n) is 5.82. The topological polar surface area (TPSA) is 103 Å². The van der Waals surface area contributed by atoms with Gasteiger partial charge in [0.2, 0.25) is 5.91 Å². The maximum atomic E-state index is 12.6. The van der Waals surface area contributed by atoms with Gasteiger partial charge in [0.1, 0.15) is 5.75 Å². The Morgan fingerprint density at radius 1 is 1.25 bits per heavy atom. The van der Waals surface area contributed by atoms with Gasteiger partial charge < -0.3 is 25.8 Å². The third-order valence-corrected chi connectivity index (χ3v) is 4.18. The number of carbonyl (C=O) groups excluding carboxylic acids is 2. The van der Waals surface area contributed by atoms with E-state index in [1.807, 2.05) is 6.92 Å². The SMILES string of the molecule is CCNC(=O)COc1ccc(NC(=O)C2(CN)CCOCC2)cc1. The van der Waals surface area contributed by atoms with Crippen LogP contribution in [0.15, 0.2) is 24.3 Å². The summed E-state index contributed by atoms with van der Waals surface area (Å²) in [4.78, 5) is 23.9. The summed E-state index contributed by atoms with van der Waals surface area (Å²) >= 11 is 0. The lowest BCUT2D eigenvalue weighted by atomic mass is 9.79. The molecular weight excluding hydrogens is 310 g/mol. The number of nitrogens with two attached hydrogens (primary N) is 1. The molecule has 4 N–H and O–H groups in total. The van der Waals surface area contributed by atoms with Crippen molar-refractivity contribution < 1.29 is 19.1 Å². The molecule has 1 fully saturated rings. The summed E-state index contributed by atoms with van der Waals surface area (Å²) in [5.74, 6) is 0.322. The van der Waals surface area contributed by atoms with Crippen molar-refractivity contribution in [2.24, 2.45) is 11.1 Å². The Hall–Kier alpha value is -2.12. The summed E-state index contributed by atoms with van der Waals surface area (Å²) in [5.41, 5.74) is 5.94. The number of benzene rings is 1. The summed E-state index contributed by atoms with van der Waals surface area (Å²) in [6.45, 7) is 3.79. The quantitative estimate of drug-likeness (QED) is 0.687. The number of hydrogen-bond acceptors (Lipinski definition) is 5. The Balaban J connectivity index is 1.91. The minimum Gasteiger partial charge on any atom is -0.484 e. The standard InChI is InChI=1S/C17H25N3O4/c1-2-19-15(21)11-24-14-5-3-13(4-6-14)20-16(22)17(12-18)7-9-23-10-8-17/h3-6H,2,7-12,18H2,1H3,(H,19,21)(H,20,22). The predicted molar refractivity (Wildman–Crippen MR) is 90.8 cm³/mol. The van der Waals surface area contributed by atoms with Crippen LogP contribution in [-0.2, 0) is 14.3 Å². The maximum absolute atomic E-state index is 12.6. The summed E-state index contributed by atoms with van der Waals surface area (Å²) in [7, 11) is 0. The van der Waals surface area contributed by atoms with Crippen molar-refractivity contribution in [3.05, 3.63) is 24.3 Å². The third-order valence-electron chi connectivity index (χ3n) is 4.18. The van der Waals surface area contributed by atoms with E-state index in [4.69, 9.17) is 15.2 Å². The molecule has 0 aromatic heterocycles. The lowest BCUT2D eigenvalue weighted by molar-refractivity contribution is -0.130. The van der Waals surface area contributed by atoms with Crippen LogP contribution >= 0.6 is 0 Å². The first-order valence-electron chi connectivity index (χ1n) is 8.18. The Bertz CT molecular complexity index is 553. The highest BCUT2D eigenvalue weighted by molar-refractivity contribution is 5.95. The molecule has 2 rings (SSSR count). The number of ether oxygens (including phenoxy) is 2. The van der Waals surface area contributed by atoms with Gasteiger partial charge in [-0.1, -0.05) is 0 Å². The first kappa shape index (κ1) is 18.2. The first-order valence-corrected chi connectivity index (χ1v) is 8.18. The van der Waals surface area contributed by atoms with Crippen LogP contribution in [0.3, 0.4) is 0 Å². The van der Waals surface area contributed by atoms with E-state index >= 15 is 0 Å². The molecule has 1 aliphatic heterocycles. The first-order chi connectivity index (χ1) is 11.6. The van der Waals surface area contributed by atoms with E-state index in [-0.39, 0.29) is 18.4 Å². The molecule has 7 nitrogen and oxygen atoms in total. The lowest BCUT2D eigenvalue weighted by Gasteiger charge is -2.34. The smallest absolute Gasteiger partial charge is 0.257 e. The van der Waals surface area contributed by atoms with Gasteiger partial charge in [0.25, 0.3) is 5.91 Å². The molecule has 24 heavy (non-hydrogen) atoms. The zero-order valence-electron chi connectivity index (χ0n) is 14.0. The van der Waals surface area contributed by atoms with Gasteiger partial charge in [-0.05, 0) is 44.0 Å². The zero-order valence-corrected chi connectivity index (χ0v) is 14.0. The van der Waals surface area contributed by atoms with E-state index in [1.54, 1.807) is 24.3 Å². The van der Waals surface area contributed by atoms with Crippen molar-refractivity contribution in [2.45, 2.75) is 19.8 Å². The van der Waals surface area contributed by atoms with E-state index in [9.17, 15) is 9.59 Å². The summed E-state index contributed by atoms with van der Waals surface area (Å²) in [6, 6.07) is 6.92. The fourth-order valence-electron chi connectivity index (χ4n) is 2.58. The Kier molecular flexibility index (Phi) is 6.57. The number of anilines is 1. The predicted octanol–water partition coefficient (Wildman–Crippen LogP) is 0.895. The highest BCUT2D eigenvalue weighted by Crippen LogP contribution is 2.31. The van der Waals surface area contributed by atoms with Gasteiger partial charge in [0.05, 0.1) is 5.41 Å². The number of amides is 2. The molecular formula is C17H25N3O4. The minimum absolute atomic E-state index is 0.0319. The maximum Gasteiger partial charge on any atom is 0.257 e. The van der Waals surface area contributed by atoms with Gasteiger partial charge in [-0.25, -0.2) is 0 Å². The van der Waals surface area contributed by atoms with Crippen molar-refractivity contribution in [1.29, 1.82) is 0 Å². The molecule has 132 valence electrons. The van der Waals surface area contributed by atoms with E-state index in [0.717, 1.165) is 0 Å². The van der Waals surface area contributed by atoms with E-state index in [2.05, 4.69) is 10.6 Å². The average molecular weight is 335 g/mol. The normalized spacial score (nSPS) is 16.2. The van der Waals surface area contributed by atoms with Gasteiger partial charge in [-0.2, -0.15) is 0 Å². The van der Waals surface area contributed by atoms with Crippen LogP contribution in [0.4, 0.5) is 5.69 Å². The van der Waals surface area contributed by atoms with Crippen LogP contribution < -0.4 is 21.1 Å². The second-order valence-corrected chi connectivity index (χ2v) is 5.82. The molecule has 0 radical (unpaired) electrons. The van der Waals surface area contributed by atoms with Crippen molar-refractivity contribution in [3.8, 4) is 5.75 Å². The molecule has 0 unspecified atom stereocenters. The number of nitrogens with one attached hydrogen (secondary N) is 2. The van der Waals surface area contributed by atoms with Crippen LogP contribution in [0, 0.1) is 5.41 Å². The van der Waals surface area contributed by atoms with Crippen LogP contribution in [0.2, 0.25) is 0 Å². The van der Waals surface area contributed by atoms with E-state index in [1.165, 1.54) is 0 Å². The number of rotatable bonds is 7. The van der Waals surface area contributed by atoms with Crippen LogP contribution in [0.25, 0.3) is 0 Å². The van der Waals surface area contributed by atoms with E-state index in [0.29, 0.717) is 50.6 Å². The highest BCUT2D eigenvalue weighted by Gasteiger charge is 2.38. The largest absolute Gasteiger partial charge is 0.484 e. The molecule has 1 aromatic rings. The van der Waals surface area contributed by atoms with E-state index < -0.39 is 5.41 Å². The Labute approximate surface area is 141 Å². The summed E-state index contributed by atoms with van der Waals surface area (Å²) in [6.07, 6.45) is 1.26. The molecule has 0 bridgehead atoms. The van der Waals surface area contributed by atoms with Gasteiger partial charge in [-0.15, -0.1) is 0 Å². The minimum atomic E-state index is -0.564. The fraction of sp³-hybridized carbons (Fsp3) is 0.529. The fourth-order valence-corrected chi connectivity index (χ4v) is 2.58. The molecule has 0 saturated carbocycles. The molecule has 1 aromatic carbocycles. The molecule has 7 heteroatoms. The number of likely N-dealkylation sites (N-methyl/N-ethyl adjacent to an activating group) is 1.